The molecule has 0 aromatic heterocycles. The van der Waals surface area contributed by atoms with Crippen molar-refractivity contribution in [3.05, 3.63) is 29.3 Å². The van der Waals surface area contributed by atoms with Gasteiger partial charge >= 0.3 is 5.97 Å². The second-order valence-electron chi connectivity index (χ2n) is 5.94. The zero-order chi connectivity index (χ0) is 13.4. The third kappa shape index (κ3) is 2.34. The van der Waals surface area contributed by atoms with E-state index < -0.39 is 11.9 Å². The summed E-state index contributed by atoms with van der Waals surface area (Å²) in [6, 6.07) is 6.19. The molecule has 0 amide bonds. The first-order valence-corrected chi connectivity index (χ1v) is 7.25. The zero-order valence-corrected chi connectivity index (χ0v) is 11.4. The van der Waals surface area contributed by atoms with Crippen molar-refractivity contribution in [1.29, 1.82) is 0 Å². The zero-order valence-electron chi connectivity index (χ0n) is 11.4. The molecule has 3 nitrogen and oxygen atoms in total. The van der Waals surface area contributed by atoms with Gasteiger partial charge in [-0.1, -0.05) is 18.6 Å². The highest BCUT2D eigenvalue weighted by Crippen LogP contribution is 2.35. The molecule has 1 aromatic rings. The second-order valence-corrected chi connectivity index (χ2v) is 5.94. The Balaban J connectivity index is 1.81. The molecule has 3 rings (SSSR count). The van der Waals surface area contributed by atoms with Crippen molar-refractivity contribution in [2.24, 2.45) is 5.92 Å². The molecule has 0 bridgehead atoms. The number of hydrogen-bond donors (Lipinski definition) is 1. The molecule has 1 heterocycles. The summed E-state index contributed by atoms with van der Waals surface area (Å²) >= 11 is 0. The van der Waals surface area contributed by atoms with Crippen LogP contribution in [-0.4, -0.2) is 24.2 Å². The molecule has 0 saturated heterocycles. The van der Waals surface area contributed by atoms with E-state index >= 15 is 0 Å². The minimum Gasteiger partial charge on any atom is -0.481 e. The Kier molecular flexibility index (Phi) is 3.21. The van der Waals surface area contributed by atoms with E-state index in [1.807, 2.05) is 6.07 Å². The Labute approximate surface area is 114 Å². The maximum atomic E-state index is 11.1. The summed E-state index contributed by atoms with van der Waals surface area (Å²) in [4.78, 5) is 13.6. The molecule has 1 unspecified atom stereocenters. The summed E-state index contributed by atoms with van der Waals surface area (Å²) in [5.74, 6) is -0.313. The first kappa shape index (κ1) is 12.5. The molecule has 1 saturated carbocycles. The number of aliphatic carboxylic acids is 1. The third-order valence-electron chi connectivity index (χ3n) is 4.67. The lowest BCUT2D eigenvalue weighted by atomic mass is 9.85. The van der Waals surface area contributed by atoms with Crippen LogP contribution in [0, 0.1) is 5.92 Å². The van der Waals surface area contributed by atoms with Crippen molar-refractivity contribution >= 4 is 11.7 Å². The van der Waals surface area contributed by atoms with Crippen LogP contribution in [0.4, 0.5) is 5.69 Å². The lowest BCUT2D eigenvalue weighted by Crippen LogP contribution is -2.31. The molecule has 1 aliphatic heterocycles. The normalized spacial score (nSPS) is 19.9. The molecule has 0 radical (unpaired) electrons. The van der Waals surface area contributed by atoms with E-state index in [1.165, 1.54) is 30.5 Å². The Hall–Kier alpha value is -1.51. The van der Waals surface area contributed by atoms with Gasteiger partial charge in [0.2, 0.25) is 0 Å². The highest BCUT2D eigenvalue weighted by atomic mass is 16.4. The lowest BCUT2D eigenvalue weighted by molar-refractivity contribution is -0.138. The van der Waals surface area contributed by atoms with Gasteiger partial charge in [0.15, 0.2) is 0 Å². The van der Waals surface area contributed by atoms with Crippen LogP contribution in [0.15, 0.2) is 18.2 Å². The molecule has 1 N–H and O–H groups in total. The van der Waals surface area contributed by atoms with E-state index in [0.717, 1.165) is 31.0 Å². The summed E-state index contributed by atoms with van der Waals surface area (Å²) < 4.78 is 0. The minimum absolute atomic E-state index is 0.420. The first-order chi connectivity index (χ1) is 9.15. The quantitative estimate of drug-likeness (QED) is 0.903. The van der Waals surface area contributed by atoms with Crippen molar-refractivity contribution in [3.63, 3.8) is 0 Å². The Bertz CT molecular complexity index is 494. The van der Waals surface area contributed by atoms with Gasteiger partial charge in [-0.2, -0.15) is 0 Å². The smallest absolute Gasteiger partial charge is 0.310 e. The topological polar surface area (TPSA) is 40.5 Å². The molecule has 19 heavy (non-hydrogen) atoms. The fourth-order valence-electron chi connectivity index (χ4n) is 3.05. The van der Waals surface area contributed by atoms with Crippen LogP contribution in [0.2, 0.25) is 0 Å². The van der Waals surface area contributed by atoms with Crippen molar-refractivity contribution in [2.75, 3.05) is 18.0 Å². The average Bonchev–Trinajstić information content (AvgIpc) is 2.75. The minimum atomic E-state index is -0.747. The van der Waals surface area contributed by atoms with Crippen LogP contribution in [0.1, 0.15) is 43.2 Å². The lowest BCUT2D eigenvalue weighted by Gasteiger charge is -2.31. The summed E-state index contributed by atoms with van der Waals surface area (Å²) in [6.45, 7) is 4.00. The molecule has 3 heteroatoms. The van der Waals surface area contributed by atoms with E-state index in [0.29, 0.717) is 0 Å². The highest BCUT2D eigenvalue weighted by molar-refractivity contribution is 5.76. The van der Waals surface area contributed by atoms with Crippen molar-refractivity contribution in [1.82, 2.24) is 0 Å². The van der Waals surface area contributed by atoms with E-state index in [4.69, 9.17) is 5.11 Å². The standard InChI is InChI=1S/C16H21NO2/c1-11(16(18)19)14-6-5-13-7-8-17(15(13)9-14)10-12-3-2-4-12/h5-6,9,11-12H,2-4,7-8,10H2,1H3,(H,18,19). The van der Waals surface area contributed by atoms with Gasteiger partial charge in [-0.05, 0) is 49.3 Å². The third-order valence-corrected chi connectivity index (χ3v) is 4.67. The summed E-state index contributed by atoms with van der Waals surface area (Å²) in [5.41, 5.74) is 3.57. The van der Waals surface area contributed by atoms with Crippen LogP contribution in [0.5, 0.6) is 0 Å². The molecule has 1 aromatic carbocycles. The largest absolute Gasteiger partial charge is 0.481 e. The van der Waals surface area contributed by atoms with Crippen LogP contribution in [-0.2, 0) is 11.2 Å². The molecular formula is C16H21NO2. The van der Waals surface area contributed by atoms with E-state index in [2.05, 4.69) is 17.0 Å². The van der Waals surface area contributed by atoms with Gasteiger partial charge in [0.05, 0.1) is 5.92 Å². The van der Waals surface area contributed by atoms with Crippen LogP contribution in [0.25, 0.3) is 0 Å². The molecule has 2 aliphatic rings. The fraction of sp³-hybridized carbons (Fsp3) is 0.562. The van der Waals surface area contributed by atoms with Gasteiger partial charge < -0.3 is 10.0 Å². The molecule has 1 fully saturated rings. The predicted molar refractivity (Wildman–Crippen MR) is 75.8 cm³/mol. The number of carboxylic acid groups (broad SMARTS) is 1. The number of carboxylic acids is 1. The van der Waals surface area contributed by atoms with E-state index in [9.17, 15) is 4.79 Å². The molecule has 0 spiro atoms. The van der Waals surface area contributed by atoms with Crippen LogP contribution in [0.3, 0.4) is 0 Å². The number of hydrogen-bond acceptors (Lipinski definition) is 2. The highest BCUT2D eigenvalue weighted by Gasteiger charge is 2.26. The van der Waals surface area contributed by atoms with Gasteiger partial charge in [0.25, 0.3) is 0 Å². The number of fused-ring (bicyclic) bond motifs is 1. The maximum Gasteiger partial charge on any atom is 0.310 e. The Morgan fingerprint density at radius 3 is 2.89 bits per heavy atom. The Morgan fingerprint density at radius 2 is 2.26 bits per heavy atom. The van der Waals surface area contributed by atoms with Crippen molar-refractivity contribution < 1.29 is 9.90 Å². The van der Waals surface area contributed by atoms with Gasteiger partial charge in [0.1, 0.15) is 0 Å². The number of carbonyl (C=O) groups is 1. The monoisotopic (exact) mass is 259 g/mol. The summed E-state index contributed by atoms with van der Waals surface area (Å²) in [7, 11) is 0. The predicted octanol–water partition coefficient (Wildman–Crippen LogP) is 3.04. The molecule has 1 atom stereocenters. The average molecular weight is 259 g/mol. The second kappa shape index (κ2) is 4.87. The number of benzene rings is 1. The van der Waals surface area contributed by atoms with E-state index in [-0.39, 0.29) is 0 Å². The molecule has 1 aliphatic carbocycles. The van der Waals surface area contributed by atoms with Crippen LogP contribution >= 0.6 is 0 Å². The van der Waals surface area contributed by atoms with Gasteiger partial charge in [-0.25, -0.2) is 0 Å². The summed E-state index contributed by atoms with van der Waals surface area (Å²) in [6.07, 6.45) is 5.19. The SMILES string of the molecule is CC(C(=O)O)c1ccc2c(c1)N(CC1CCC1)CC2. The van der Waals surface area contributed by atoms with Crippen LogP contribution < -0.4 is 4.90 Å². The number of nitrogens with zero attached hydrogens (tertiary/aromatic N) is 1. The van der Waals surface area contributed by atoms with Gasteiger partial charge in [-0.3, -0.25) is 4.79 Å². The number of rotatable bonds is 4. The maximum absolute atomic E-state index is 11.1. The van der Waals surface area contributed by atoms with Crippen molar-refractivity contribution in [3.8, 4) is 0 Å². The molecule has 102 valence electrons. The van der Waals surface area contributed by atoms with Crippen molar-refractivity contribution in [2.45, 2.75) is 38.5 Å². The van der Waals surface area contributed by atoms with Gasteiger partial charge in [-0.15, -0.1) is 0 Å². The van der Waals surface area contributed by atoms with Gasteiger partial charge in [0, 0.05) is 18.8 Å². The first-order valence-electron chi connectivity index (χ1n) is 7.25. The molecular weight excluding hydrogens is 238 g/mol. The van der Waals surface area contributed by atoms with E-state index in [1.54, 1.807) is 6.92 Å². The fourth-order valence-corrected chi connectivity index (χ4v) is 3.05. The Morgan fingerprint density at radius 1 is 1.47 bits per heavy atom. The summed E-state index contributed by atoms with van der Waals surface area (Å²) in [5, 5.41) is 9.13. The number of anilines is 1.